The smallest absolute Gasteiger partial charge is 0.126 e. The molecule has 0 bridgehead atoms. The average Bonchev–Trinajstić information content (AvgIpc) is 2.90. The van der Waals surface area contributed by atoms with Gasteiger partial charge in [-0.2, -0.15) is 11.8 Å². The van der Waals surface area contributed by atoms with E-state index in [-0.39, 0.29) is 5.41 Å². The molecule has 2 heteroatoms. The van der Waals surface area contributed by atoms with E-state index in [4.69, 9.17) is 0 Å². The Labute approximate surface area is 78.3 Å². The highest BCUT2D eigenvalue weighted by Crippen LogP contribution is 2.45. The molecular formula is C10H16OS. The van der Waals surface area contributed by atoms with E-state index < -0.39 is 0 Å². The molecule has 0 N–H and O–H groups in total. The van der Waals surface area contributed by atoms with Crippen LogP contribution in [0, 0.1) is 11.3 Å². The Morgan fingerprint density at radius 3 is 2.50 bits per heavy atom. The molecule has 2 aliphatic rings. The first-order valence-corrected chi connectivity index (χ1v) is 6.04. The van der Waals surface area contributed by atoms with Gasteiger partial charge in [-0.25, -0.2) is 0 Å². The molecule has 0 aromatic rings. The third-order valence-corrected chi connectivity index (χ3v) is 4.12. The van der Waals surface area contributed by atoms with E-state index >= 15 is 0 Å². The van der Waals surface area contributed by atoms with Gasteiger partial charge >= 0.3 is 0 Å². The maximum absolute atomic E-state index is 11.0. The van der Waals surface area contributed by atoms with Crippen LogP contribution in [0.15, 0.2) is 0 Å². The number of hydrogen-bond donors (Lipinski definition) is 0. The van der Waals surface area contributed by atoms with Gasteiger partial charge in [-0.3, -0.25) is 0 Å². The van der Waals surface area contributed by atoms with Crippen LogP contribution in [-0.4, -0.2) is 17.8 Å². The number of carbonyl (C=O) groups is 1. The van der Waals surface area contributed by atoms with Crippen molar-refractivity contribution in [3.63, 3.8) is 0 Å². The van der Waals surface area contributed by atoms with Gasteiger partial charge in [0, 0.05) is 5.41 Å². The summed E-state index contributed by atoms with van der Waals surface area (Å²) in [5, 5.41) is 0. The van der Waals surface area contributed by atoms with E-state index in [0.29, 0.717) is 0 Å². The van der Waals surface area contributed by atoms with Crippen molar-refractivity contribution >= 4 is 18.0 Å². The third-order valence-electron chi connectivity index (χ3n) is 3.13. The highest BCUT2D eigenvalue weighted by Gasteiger charge is 2.37. The van der Waals surface area contributed by atoms with Crippen LogP contribution in [0.3, 0.4) is 0 Å². The summed E-state index contributed by atoms with van der Waals surface area (Å²) < 4.78 is 0. The third kappa shape index (κ3) is 1.85. The van der Waals surface area contributed by atoms with E-state index in [0.717, 1.165) is 18.8 Å². The van der Waals surface area contributed by atoms with Crippen molar-refractivity contribution in [1.82, 2.24) is 0 Å². The van der Waals surface area contributed by atoms with Gasteiger partial charge in [0.1, 0.15) is 6.29 Å². The van der Waals surface area contributed by atoms with Crippen LogP contribution in [0.25, 0.3) is 0 Å². The Balaban J connectivity index is 1.94. The summed E-state index contributed by atoms with van der Waals surface area (Å²) in [6.45, 7) is 0. The summed E-state index contributed by atoms with van der Waals surface area (Å²) in [5.74, 6) is 3.30. The zero-order valence-electron chi connectivity index (χ0n) is 7.42. The van der Waals surface area contributed by atoms with E-state index in [2.05, 4.69) is 0 Å². The molecule has 0 aromatic carbocycles. The second-order valence-electron chi connectivity index (χ2n) is 4.24. The quantitative estimate of drug-likeness (QED) is 0.627. The van der Waals surface area contributed by atoms with Crippen molar-refractivity contribution in [2.75, 3.05) is 11.5 Å². The Bertz CT molecular complexity index is 169. The molecule has 0 atom stereocenters. The van der Waals surface area contributed by atoms with Crippen LogP contribution >= 0.6 is 11.8 Å². The van der Waals surface area contributed by atoms with Crippen molar-refractivity contribution in [1.29, 1.82) is 0 Å². The zero-order chi connectivity index (χ0) is 8.44. The van der Waals surface area contributed by atoms with Crippen molar-refractivity contribution in [3.8, 4) is 0 Å². The molecule has 1 aliphatic carbocycles. The van der Waals surface area contributed by atoms with Gasteiger partial charge < -0.3 is 4.79 Å². The van der Waals surface area contributed by atoms with Crippen molar-refractivity contribution in [2.24, 2.45) is 11.3 Å². The van der Waals surface area contributed by atoms with E-state index in [1.165, 1.54) is 37.1 Å². The summed E-state index contributed by atoms with van der Waals surface area (Å²) in [6.07, 6.45) is 7.48. The standard InChI is InChI=1S/C10H16OS/c11-8-10(7-9-1-2-9)3-5-12-6-4-10/h8-9H,1-7H2. The molecule has 0 amide bonds. The monoisotopic (exact) mass is 184 g/mol. The topological polar surface area (TPSA) is 17.1 Å². The van der Waals surface area contributed by atoms with Gasteiger partial charge in [-0.05, 0) is 36.7 Å². The summed E-state index contributed by atoms with van der Waals surface area (Å²) in [5.41, 5.74) is 0.104. The number of thioether (sulfide) groups is 1. The molecule has 1 nitrogen and oxygen atoms in total. The summed E-state index contributed by atoms with van der Waals surface area (Å²) in [4.78, 5) is 11.0. The van der Waals surface area contributed by atoms with Crippen molar-refractivity contribution in [2.45, 2.75) is 32.1 Å². The molecule has 1 heterocycles. The molecule has 0 unspecified atom stereocenters. The van der Waals surface area contributed by atoms with Crippen LogP contribution in [0.2, 0.25) is 0 Å². The lowest BCUT2D eigenvalue weighted by molar-refractivity contribution is -0.117. The lowest BCUT2D eigenvalue weighted by Crippen LogP contribution is -2.28. The highest BCUT2D eigenvalue weighted by atomic mass is 32.2. The molecule has 12 heavy (non-hydrogen) atoms. The van der Waals surface area contributed by atoms with Crippen LogP contribution in [0.1, 0.15) is 32.1 Å². The number of hydrogen-bond acceptors (Lipinski definition) is 2. The van der Waals surface area contributed by atoms with E-state index in [9.17, 15) is 4.79 Å². The number of rotatable bonds is 3. The molecule has 2 rings (SSSR count). The lowest BCUT2D eigenvalue weighted by Gasteiger charge is -2.31. The van der Waals surface area contributed by atoms with Crippen LogP contribution < -0.4 is 0 Å². The first kappa shape index (κ1) is 8.61. The predicted octanol–water partition coefficient (Wildman–Crippen LogP) is 2.50. The molecule has 2 fully saturated rings. The Kier molecular flexibility index (Phi) is 2.44. The van der Waals surface area contributed by atoms with Gasteiger partial charge in [0.05, 0.1) is 0 Å². The SMILES string of the molecule is O=CC1(CC2CC2)CCSCC1. The lowest BCUT2D eigenvalue weighted by atomic mass is 9.79. The van der Waals surface area contributed by atoms with Crippen molar-refractivity contribution in [3.05, 3.63) is 0 Å². The molecular weight excluding hydrogens is 168 g/mol. The fraction of sp³-hybridized carbons (Fsp3) is 0.900. The van der Waals surface area contributed by atoms with Crippen molar-refractivity contribution < 1.29 is 4.79 Å². The highest BCUT2D eigenvalue weighted by molar-refractivity contribution is 7.99. The van der Waals surface area contributed by atoms with Crippen LogP contribution in [0.4, 0.5) is 0 Å². The minimum atomic E-state index is 0.104. The first-order chi connectivity index (χ1) is 5.85. The second kappa shape index (κ2) is 3.41. The van der Waals surface area contributed by atoms with E-state index in [1.54, 1.807) is 0 Å². The maximum atomic E-state index is 11.0. The van der Waals surface area contributed by atoms with Gasteiger partial charge in [-0.15, -0.1) is 0 Å². The largest absolute Gasteiger partial charge is 0.303 e. The normalized spacial score (nSPS) is 28.3. The van der Waals surface area contributed by atoms with Gasteiger partial charge in [0.15, 0.2) is 0 Å². The minimum absolute atomic E-state index is 0.104. The fourth-order valence-corrected chi connectivity index (χ4v) is 3.35. The predicted molar refractivity (Wildman–Crippen MR) is 52.4 cm³/mol. The van der Waals surface area contributed by atoms with Crippen LogP contribution in [0.5, 0.6) is 0 Å². The molecule has 0 spiro atoms. The summed E-state index contributed by atoms with van der Waals surface area (Å²) in [7, 11) is 0. The number of carbonyl (C=O) groups excluding carboxylic acids is 1. The first-order valence-electron chi connectivity index (χ1n) is 4.89. The Hall–Kier alpha value is 0.0200. The van der Waals surface area contributed by atoms with Gasteiger partial charge in [-0.1, -0.05) is 12.8 Å². The molecule has 1 aliphatic heterocycles. The molecule has 1 saturated heterocycles. The average molecular weight is 184 g/mol. The van der Waals surface area contributed by atoms with E-state index in [1.807, 2.05) is 11.8 Å². The van der Waals surface area contributed by atoms with Gasteiger partial charge in [0.2, 0.25) is 0 Å². The maximum Gasteiger partial charge on any atom is 0.126 e. The zero-order valence-corrected chi connectivity index (χ0v) is 8.24. The molecule has 1 saturated carbocycles. The Morgan fingerprint density at radius 1 is 1.33 bits per heavy atom. The van der Waals surface area contributed by atoms with Gasteiger partial charge in [0.25, 0.3) is 0 Å². The summed E-state index contributed by atoms with van der Waals surface area (Å²) >= 11 is 2.00. The van der Waals surface area contributed by atoms with Crippen LogP contribution in [-0.2, 0) is 4.79 Å². The molecule has 0 radical (unpaired) electrons. The molecule has 0 aromatic heterocycles. The second-order valence-corrected chi connectivity index (χ2v) is 5.46. The minimum Gasteiger partial charge on any atom is -0.303 e. The molecule has 68 valence electrons. The fourth-order valence-electron chi connectivity index (χ4n) is 2.04. The Morgan fingerprint density at radius 2 is 2.00 bits per heavy atom. The summed E-state index contributed by atoms with van der Waals surface area (Å²) in [6, 6.07) is 0. The number of aldehydes is 1.